The van der Waals surface area contributed by atoms with E-state index in [-0.39, 0.29) is 11.8 Å². The van der Waals surface area contributed by atoms with E-state index in [9.17, 15) is 14.4 Å². The molecule has 0 aliphatic carbocycles. The molecule has 0 spiro atoms. The number of ether oxygens (including phenoxy) is 1. The molecule has 0 radical (unpaired) electrons. The lowest BCUT2D eigenvalue weighted by atomic mass is 10.1. The molecule has 0 aromatic heterocycles. The fourth-order valence-electron chi connectivity index (χ4n) is 2.87. The largest absolute Gasteiger partial charge is 0.457 e. The quantitative estimate of drug-likeness (QED) is 0.522. The summed E-state index contributed by atoms with van der Waals surface area (Å²) in [6.07, 6.45) is 0. The number of carbonyl (C=O) groups excluding carboxylic acids is 3. The average molecular weight is 417 g/mol. The Labute approximate surface area is 180 Å². The number of rotatable bonds is 8. The maximum absolute atomic E-state index is 12.4. The Morgan fingerprint density at radius 1 is 0.774 bits per heavy atom. The highest BCUT2D eigenvalue weighted by Gasteiger charge is 2.08. The third-order valence-electron chi connectivity index (χ3n) is 4.47. The summed E-state index contributed by atoms with van der Waals surface area (Å²) < 4.78 is 5.71. The number of benzene rings is 3. The highest BCUT2D eigenvalue weighted by atomic mass is 16.5. The topological polar surface area (TPSA) is 111 Å². The first kappa shape index (κ1) is 21.6. The summed E-state index contributed by atoms with van der Waals surface area (Å²) in [5.41, 5.74) is 7.49. The van der Waals surface area contributed by atoms with E-state index in [4.69, 9.17) is 10.5 Å². The Bertz CT molecular complexity index is 1080. The number of amides is 3. The van der Waals surface area contributed by atoms with Gasteiger partial charge in [0.25, 0.3) is 11.8 Å². The fraction of sp³-hybridized carbons (Fsp3) is 0.125. The van der Waals surface area contributed by atoms with Crippen LogP contribution in [0.15, 0.2) is 72.8 Å². The van der Waals surface area contributed by atoms with Crippen LogP contribution in [0, 0.1) is 0 Å². The molecular formula is C24H23N3O4. The SMILES string of the molecule is CCNC(=O)c1cccc(CNC(=O)c2ccc(Oc3ccc(C(N)=O)cc3)cc2)c1. The number of hydrogen-bond acceptors (Lipinski definition) is 4. The van der Waals surface area contributed by atoms with Gasteiger partial charge in [0.1, 0.15) is 11.5 Å². The second kappa shape index (κ2) is 10.1. The lowest BCUT2D eigenvalue weighted by molar-refractivity contribution is 0.0947. The van der Waals surface area contributed by atoms with E-state index in [1.807, 2.05) is 13.0 Å². The monoisotopic (exact) mass is 417 g/mol. The van der Waals surface area contributed by atoms with Gasteiger partial charge in [-0.2, -0.15) is 0 Å². The predicted molar refractivity (Wildman–Crippen MR) is 117 cm³/mol. The summed E-state index contributed by atoms with van der Waals surface area (Å²) in [4.78, 5) is 35.5. The van der Waals surface area contributed by atoms with Crippen molar-refractivity contribution in [2.45, 2.75) is 13.5 Å². The number of primary amides is 1. The average Bonchev–Trinajstić information content (AvgIpc) is 2.78. The van der Waals surface area contributed by atoms with Gasteiger partial charge in [-0.05, 0) is 73.2 Å². The predicted octanol–water partition coefficient (Wildman–Crippen LogP) is 3.26. The van der Waals surface area contributed by atoms with Crippen molar-refractivity contribution in [3.05, 3.63) is 95.1 Å². The van der Waals surface area contributed by atoms with Crippen molar-refractivity contribution in [3.63, 3.8) is 0 Å². The lowest BCUT2D eigenvalue weighted by Gasteiger charge is -2.09. The van der Waals surface area contributed by atoms with Crippen LogP contribution in [-0.2, 0) is 6.54 Å². The molecule has 0 fully saturated rings. The van der Waals surface area contributed by atoms with Crippen LogP contribution in [0.25, 0.3) is 0 Å². The molecule has 0 saturated carbocycles. The molecule has 0 aliphatic rings. The van der Waals surface area contributed by atoms with Gasteiger partial charge in [-0.3, -0.25) is 14.4 Å². The Morgan fingerprint density at radius 2 is 1.35 bits per heavy atom. The first-order valence-electron chi connectivity index (χ1n) is 9.79. The molecule has 7 nitrogen and oxygen atoms in total. The van der Waals surface area contributed by atoms with Gasteiger partial charge >= 0.3 is 0 Å². The summed E-state index contributed by atoms with van der Waals surface area (Å²) in [7, 11) is 0. The van der Waals surface area contributed by atoms with Gasteiger partial charge < -0.3 is 21.1 Å². The Hall–Kier alpha value is -4.13. The van der Waals surface area contributed by atoms with Crippen molar-refractivity contribution >= 4 is 17.7 Å². The molecule has 158 valence electrons. The summed E-state index contributed by atoms with van der Waals surface area (Å²) >= 11 is 0. The van der Waals surface area contributed by atoms with Gasteiger partial charge in [0, 0.05) is 29.8 Å². The minimum Gasteiger partial charge on any atom is -0.457 e. The molecule has 3 aromatic rings. The molecule has 3 rings (SSSR count). The van der Waals surface area contributed by atoms with E-state index in [0.29, 0.717) is 41.3 Å². The molecule has 3 amide bonds. The van der Waals surface area contributed by atoms with Gasteiger partial charge in [-0.15, -0.1) is 0 Å². The van der Waals surface area contributed by atoms with Crippen LogP contribution in [0.1, 0.15) is 43.6 Å². The van der Waals surface area contributed by atoms with Crippen LogP contribution in [0.2, 0.25) is 0 Å². The Kier molecular flexibility index (Phi) is 7.01. The normalized spacial score (nSPS) is 10.2. The van der Waals surface area contributed by atoms with E-state index in [1.54, 1.807) is 66.7 Å². The molecule has 0 atom stereocenters. The van der Waals surface area contributed by atoms with Crippen LogP contribution in [0.5, 0.6) is 11.5 Å². The second-order valence-corrected chi connectivity index (χ2v) is 6.76. The van der Waals surface area contributed by atoms with Crippen molar-refractivity contribution in [2.24, 2.45) is 5.73 Å². The van der Waals surface area contributed by atoms with Crippen LogP contribution in [0.3, 0.4) is 0 Å². The summed E-state index contributed by atoms with van der Waals surface area (Å²) in [5.74, 6) is 0.223. The molecule has 7 heteroatoms. The van der Waals surface area contributed by atoms with Gasteiger partial charge in [0.05, 0.1) is 0 Å². The minimum absolute atomic E-state index is 0.143. The Morgan fingerprint density at radius 3 is 1.94 bits per heavy atom. The summed E-state index contributed by atoms with van der Waals surface area (Å²) in [6.45, 7) is 2.71. The van der Waals surface area contributed by atoms with Crippen molar-refractivity contribution in [2.75, 3.05) is 6.54 Å². The highest BCUT2D eigenvalue weighted by Crippen LogP contribution is 2.22. The van der Waals surface area contributed by atoms with E-state index in [0.717, 1.165) is 5.56 Å². The van der Waals surface area contributed by atoms with Gasteiger partial charge in [0.15, 0.2) is 0 Å². The van der Waals surface area contributed by atoms with E-state index in [1.165, 1.54) is 0 Å². The first-order chi connectivity index (χ1) is 15.0. The van der Waals surface area contributed by atoms with Crippen molar-refractivity contribution in [1.82, 2.24) is 10.6 Å². The molecule has 4 N–H and O–H groups in total. The first-order valence-corrected chi connectivity index (χ1v) is 9.79. The maximum Gasteiger partial charge on any atom is 0.251 e. The standard InChI is InChI=1S/C24H23N3O4/c1-2-26-24(30)19-5-3-4-16(14-19)15-27-23(29)18-8-12-21(13-9-18)31-20-10-6-17(7-11-20)22(25)28/h3-14H,2,15H2,1H3,(H2,25,28)(H,26,30)(H,27,29). The molecule has 0 saturated heterocycles. The molecule has 3 aromatic carbocycles. The van der Waals surface area contributed by atoms with Crippen LogP contribution >= 0.6 is 0 Å². The van der Waals surface area contributed by atoms with E-state index in [2.05, 4.69) is 10.6 Å². The molecular weight excluding hydrogens is 394 g/mol. The van der Waals surface area contributed by atoms with Crippen molar-refractivity contribution in [1.29, 1.82) is 0 Å². The highest BCUT2D eigenvalue weighted by molar-refractivity contribution is 5.95. The molecule has 0 unspecified atom stereocenters. The second-order valence-electron chi connectivity index (χ2n) is 6.76. The van der Waals surface area contributed by atoms with Crippen LogP contribution in [0.4, 0.5) is 0 Å². The number of nitrogens with one attached hydrogen (secondary N) is 2. The van der Waals surface area contributed by atoms with Crippen LogP contribution in [-0.4, -0.2) is 24.3 Å². The minimum atomic E-state index is -0.502. The summed E-state index contributed by atoms with van der Waals surface area (Å²) in [6, 6.07) is 20.3. The van der Waals surface area contributed by atoms with Crippen LogP contribution < -0.4 is 21.1 Å². The van der Waals surface area contributed by atoms with Gasteiger partial charge in [0.2, 0.25) is 5.91 Å². The van der Waals surface area contributed by atoms with Crippen molar-refractivity contribution in [3.8, 4) is 11.5 Å². The van der Waals surface area contributed by atoms with Crippen molar-refractivity contribution < 1.29 is 19.1 Å². The molecule has 0 heterocycles. The van der Waals surface area contributed by atoms with E-state index >= 15 is 0 Å². The lowest BCUT2D eigenvalue weighted by Crippen LogP contribution is -2.24. The van der Waals surface area contributed by atoms with E-state index < -0.39 is 5.91 Å². The third kappa shape index (κ3) is 5.93. The zero-order valence-corrected chi connectivity index (χ0v) is 17.1. The zero-order chi connectivity index (χ0) is 22.2. The molecule has 31 heavy (non-hydrogen) atoms. The molecule has 0 bridgehead atoms. The van der Waals surface area contributed by atoms with Gasteiger partial charge in [-0.1, -0.05) is 12.1 Å². The Balaban J connectivity index is 1.57. The zero-order valence-electron chi connectivity index (χ0n) is 17.1. The fourth-order valence-corrected chi connectivity index (χ4v) is 2.87. The number of carbonyl (C=O) groups is 3. The summed E-state index contributed by atoms with van der Waals surface area (Å²) in [5, 5.41) is 5.60. The van der Waals surface area contributed by atoms with Gasteiger partial charge in [-0.25, -0.2) is 0 Å². The smallest absolute Gasteiger partial charge is 0.251 e. The molecule has 0 aliphatic heterocycles. The number of nitrogens with two attached hydrogens (primary N) is 1. The number of hydrogen-bond donors (Lipinski definition) is 3. The third-order valence-corrected chi connectivity index (χ3v) is 4.47. The maximum atomic E-state index is 12.4.